The van der Waals surface area contributed by atoms with Crippen LogP contribution in [0.3, 0.4) is 0 Å². The lowest BCUT2D eigenvalue weighted by molar-refractivity contribution is -0.201. The largest absolute Gasteiger partial charge is 0.496 e. The van der Waals surface area contributed by atoms with Crippen LogP contribution in [0.25, 0.3) is 21.8 Å². The SMILES string of the molecule is C/C=C1/CN(C)[C@H]2Cc3c([nH]c4ccccc34)[C@@H](c3c(OC)ccc4c5c([nH]c34)[C@]3(OC(C)=O)C[C@H]4C[C@H](C(C)=O)[C@@H]3N(CC5)C4)C[C@@H]1[C@]2(CO)OC(C)=O. The van der Waals surface area contributed by atoms with Crippen molar-refractivity contribution in [3.63, 3.8) is 0 Å². The molecule has 55 heavy (non-hydrogen) atoms. The third-order valence-corrected chi connectivity index (χ3v) is 14.1. The molecule has 10 rings (SSSR count). The summed E-state index contributed by atoms with van der Waals surface area (Å²) in [6.45, 7) is 8.61. The number of hydrogen-bond donors (Lipinski definition) is 3. The van der Waals surface area contributed by atoms with E-state index in [2.05, 4.69) is 51.1 Å². The molecule has 3 N–H and O–H groups in total. The lowest BCUT2D eigenvalue weighted by atomic mass is 9.62. The summed E-state index contributed by atoms with van der Waals surface area (Å²) in [7, 11) is 3.75. The van der Waals surface area contributed by atoms with Gasteiger partial charge in [0, 0.05) is 78.8 Å². The normalized spacial score (nSPS) is 33.4. The molecule has 6 bridgehead atoms. The number of likely N-dealkylation sites (tertiary alicyclic amines) is 1. The number of aliphatic hydroxyl groups excluding tert-OH is 1. The maximum atomic E-state index is 13.3. The highest BCUT2D eigenvalue weighted by Gasteiger charge is 2.62. The second-order valence-corrected chi connectivity index (χ2v) is 16.9. The maximum absolute atomic E-state index is 13.3. The number of allylic oxidation sites excluding steroid dienone is 1. The fourth-order valence-corrected chi connectivity index (χ4v) is 12.2. The number of aromatic amines is 2. The Balaban J connectivity index is 1.33. The van der Waals surface area contributed by atoms with Crippen molar-refractivity contribution in [3.8, 4) is 5.75 Å². The van der Waals surface area contributed by atoms with Crippen LogP contribution in [0, 0.1) is 17.8 Å². The van der Waals surface area contributed by atoms with Gasteiger partial charge in [0.15, 0.2) is 11.2 Å². The number of nitrogens with one attached hydrogen (secondary N) is 2. The molecule has 0 radical (unpaired) electrons. The molecule has 6 aliphatic rings. The fraction of sp³-hybridized carbons (Fsp3) is 0.523. The van der Waals surface area contributed by atoms with Crippen molar-refractivity contribution in [1.82, 2.24) is 19.8 Å². The van der Waals surface area contributed by atoms with Gasteiger partial charge in [0.2, 0.25) is 0 Å². The van der Waals surface area contributed by atoms with Crippen LogP contribution in [0.1, 0.15) is 81.0 Å². The van der Waals surface area contributed by atoms with Crippen molar-refractivity contribution in [2.45, 2.75) is 89.0 Å². The summed E-state index contributed by atoms with van der Waals surface area (Å²) in [6.07, 6.45) is 5.38. The Morgan fingerprint density at radius 1 is 1.00 bits per heavy atom. The molecule has 9 atom stereocenters. The summed E-state index contributed by atoms with van der Waals surface area (Å²) < 4.78 is 19.2. The Labute approximate surface area is 321 Å². The maximum Gasteiger partial charge on any atom is 0.303 e. The van der Waals surface area contributed by atoms with Gasteiger partial charge < -0.3 is 29.3 Å². The van der Waals surface area contributed by atoms with Crippen LogP contribution < -0.4 is 4.74 Å². The van der Waals surface area contributed by atoms with Gasteiger partial charge in [-0.25, -0.2) is 0 Å². The lowest BCUT2D eigenvalue weighted by Crippen LogP contribution is -2.66. The first-order chi connectivity index (χ1) is 26.4. The lowest BCUT2D eigenvalue weighted by Gasteiger charge is -2.57. The predicted octanol–water partition coefficient (Wildman–Crippen LogP) is 5.52. The Bertz CT molecular complexity index is 2270. The number of nitrogens with zero attached hydrogens (tertiary/aromatic N) is 2. The summed E-state index contributed by atoms with van der Waals surface area (Å²) in [4.78, 5) is 51.9. The standard InChI is InChI=1S/C44H52N4O7/c1-7-27-21-47(5)37-18-32-28-10-8-9-11-35(28)45-39(32)33(17-34(27)44(37,22-49)55-25(4)52)38-36(53-6)13-12-29-30-14-15-48-20-26-16-31(23(2)50)42(48)43(19-26,54-24(3)51)41(30)46-40(29)38/h7-13,26,31,33-34,37,42,45-46,49H,14-22H2,1-6H3/b27-7-/t26-,31-,33-,34+,37+,42+,43-,44+/m1/s1. The van der Waals surface area contributed by atoms with Crippen LogP contribution in [0.4, 0.5) is 0 Å². The molecule has 290 valence electrons. The van der Waals surface area contributed by atoms with Crippen molar-refractivity contribution in [3.05, 3.63) is 76.1 Å². The number of esters is 2. The Morgan fingerprint density at radius 2 is 1.78 bits per heavy atom. The number of Topliss-reactive ketones (excluding diaryl/α,β-unsaturated/α-hetero) is 1. The molecule has 4 aromatic rings. The van der Waals surface area contributed by atoms with E-state index in [-0.39, 0.29) is 54.1 Å². The number of piperidine rings is 3. The molecule has 1 unspecified atom stereocenters. The number of aliphatic hydroxyl groups is 1. The zero-order valence-electron chi connectivity index (χ0n) is 32.7. The highest BCUT2D eigenvalue weighted by molar-refractivity contribution is 5.92. The second-order valence-electron chi connectivity index (χ2n) is 16.9. The first kappa shape index (κ1) is 36.2. The van der Waals surface area contributed by atoms with Gasteiger partial charge in [0.1, 0.15) is 11.5 Å². The van der Waals surface area contributed by atoms with E-state index < -0.39 is 17.2 Å². The average molecular weight is 749 g/mol. The third kappa shape index (κ3) is 5.22. The van der Waals surface area contributed by atoms with Crippen LogP contribution in [0.5, 0.6) is 5.75 Å². The van der Waals surface area contributed by atoms with Crippen molar-refractivity contribution in [2.24, 2.45) is 17.8 Å². The topological polar surface area (TPSA) is 137 Å². The van der Waals surface area contributed by atoms with Gasteiger partial charge in [-0.3, -0.25) is 24.2 Å². The molecule has 0 amide bonds. The van der Waals surface area contributed by atoms with Crippen molar-refractivity contribution in [1.29, 1.82) is 0 Å². The molecule has 6 heterocycles. The predicted molar refractivity (Wildman–Crippen MR) is 208 cm³/mol. The van der Waals surface area contributed by atoms with Gasteiger partial charge in [-0.05, 0) is 88.2 Å². The minimum absolute atomic E-state index is 0.134. The number of hydrogen-bond acceptors (Lipinski definition) is 9. The van der Waals surface area contributed by atoms with Crippen molar-refractivity contribution >= 4 is 39.5 Å². The van der Waals surface area contributed by atoms with E-state index in [0.29, 0.717) is 31.6 Å². The molecule has 11 heteroatoms. The van der Waals surface area contributed by atoms with E-state index in [1.807, 2.05) is 25.1 Å². The summed E-state index contributed by atoms with van der Waals surface area (Å²) >= 11 is 0. The van der Waals surface area contributed by atoms with E-state index in [9.17, 15) is 19.5 Å². The van der Waals surface area contributed by atoms with Gasteiger partial charge in [-0.2, -0.15) is 0 Å². The zero-order valence-corrected chi connectivity index (χ0v) is 32.7. The number of rotatable bonds is 6. The smallest absolute Gasteiger partial charge is 0.303 e. The van der Waals surface area contributed by atoms with Crippen LogP contribution in [-0.4, -0.2) is 101 Å². The molecule has 2 aromatic carbocycles. The zero-order chi connectivity index (χ0) is 38.6. The number of H-pyrrole nitrogens is 2. The van der Waals surface area contributed by atoms with Crippen LogP contribution in [0.2, 0.25) is 0 Å². The molecule has 3 saturated heterocycles. The molecule has 11 nitrogen and oxygen atoms in total. The van der Waals surface area contributed by atoms with Gasteiger partial charge >= 0.3 is 11.9 Å². The number of fused-ring (bicyclic) bond motifs is 9. The number of ketones is 1. The number of carbonyl (C=O) groups is 3. The third-order valence-electron chi connectivity index (χ3n) is 14.1. The number of methoxy groups -OCH3 is 1. The summed E-state index contributed by atoms with van der Waals surface area (Å²) in [5.41, 5.74) is 5.97. The molecule has 2 aliphatic carbocycles. The first-order valence-electron chi connectivity index (χ1n) is 19.9. The first-order valence-corrected chi connectivity index (χ1v) is 19.9. The Morgan fingerprint density at radius 3 is 2.49 bits per heavy atom. The van der Waals surface area contributed by atoms with Crippen LogP contribution >= 0.6 is 0 Å². The Hall–Kier alpha value is -4.45. The summed E-state index contributed by atoms with van der Waals surface area (Å²) in [6, 6.07) is 11.9. The van der Waals surface area contributed by atoms with Gasteiger partial charge in [0.05, 0.1) is 37.0 Å². The minimum Gasteiger partial charge on any atom is -0.496 e. The van der Waals surface area contributed by atoms with E-state index in [1.165, 1.54) is 13.8 Å². The van der Waals surface area contributed by atoms with E-state index in [0.717, 1.165) is 81.4 Å². The van der Waals surface area contributed by atoms with Gasteiger partial charge in [-0.1, -0.05) is 29.8 Å². The van der Waals surface area contributed by atoms with E-state index in [1.54, 1.807) is 14.0 Å². The number of benzene rings is 2. The van der Waals surface area contributed by atoms with Crippen LogP contribution in [-0.2, 0) is 42.3 Å². The molecule has 1 saturated carbocycles. The number of likely N-dealkylation sites (N-methyl/N-ethyl adjacent to an activating group) is 1. The van der Waals surface area contributed by atoms with Gasteiger partial charge in [0.25, 0.3) is 0 Å². The van der Waals surface area contributed by atoms with Crippen molar-refractivity contribution < 1.29 is 33.7 Å². The van der Waals surface area contributed by atoms with Crippen LogP contribution in [0.15, 0.2) is 48.0 Å². The number of carbonyl (C=O) groups excluding carboxylic acids is 3. The average Bonchev–Trinajstić information content (AvgIpc) is 3.69. The number of aromatic nitrogens is 2. The minimum atomic E-state index is -1.20. The highest BCUT2D eigenvalue weighted by atomic mass is 16.6. The summed E-state index contributed by atoms with van der Waals surface area (Å²) in [5, 5.41) is 13.6. The van der Waals surface area contributed by atoms with E-state index >= 15 is 0 Å². The molecular formula is C44H52N4O7. The second kappa shape index (κ2) is 13.1. The molecule has 4 aliphatic heterocycles. The fourth-order valence-electron chi connectivity index (χ4n) is 12.2. The van der Waals surface area contributed by atoms with Gasteiger partial charge in [-0.15, -0.1) is 0 Å². The molecule has 2 aromatic heterocycles. The van der Waals surface area contributed by atoms with E-state index in [4.69, 9.17) is 14.2 Å². The molecule has 0 spiro atoms. The Kier molecular flexibility index (Phi) is 8.60. The highest BCUT2D eigenvalue weighted by Crippen LogP contribution is 2.57. The quantitative estimate of drug-likeness (QED) is 0.172. The number of para-hydroxylation sites is 1. The molecule has 4 fully saturated rings. The number of ether oxygens (including phenoxy) is 3. The monoisotopic (exact) mass is 748 g/mol. The molecular weight excluding hydrogens is 697 g/mol. The summed E-state index contributed by atoms with van der Waals surface area (Å²) in [5.74, 6) is -0.550. The van der Waals surface area contributed by atoms with Crippen molar-refractivity contribution in [2.75, 3.05) is 40.4 Å².